The van der Waals surface area contributed by atoms with Gasteiger partial charge in [-0.15, -0.1) is 0 Å². The lowest BCUT2D eigenvalue weighted by Gasteiger charge is -2.25. The van der Waals surface area contributed by atoms with Crippen LogP contribution in [0.25, 0.3) is 11.0 Å². The fourth-order valence-corrected chi connectivity index (χ4v) is 4.56. The Morgan fingerprint density at radius 2 is 1.94 bits per heavy atom. The fourth-order valence-electron chi connectivity index (χ4n) is 4.56. The van der Waals surface area contributed by atoms with Crippen LogP contribution in [0.3, 0.4) is 0 Å². The third kappa shape index (κ3) is 4.07. The Kier molecular flexibility index (Phi) is 6.75. The van der Waals surface area contributed by atoms with Gasteiger partial charge in [0.25, 0.3) is 5.91 Å². The summed E-state index contributed by atoms with van der Waals surface area (Å²) in [6.07, 6.45) is 2.02. The number of carbonyl (C=O) groups excluding carboxylic acids is 1. The number of hydrogen-bond acceptors (Lipinski definition) is 6. The number of fused-ring (bicyclic) bond motifs is 2. The highest BCUT2D eigenvalue weighted by Crippen LogP contribution is 2.41. The number of hydrogen-bond donors (Lipinski definition) is 1. The number of aliphatic hydroxyl groups is 1. The number of aryl methyl sites for hydroxylation is 2. The Balaban J connectivity index is 1.93. The lowest BCUT2D eigenvalue weighted by atomic mass is 9.96. The van der Waals surface area contributed by atoms with Crippen molar-refractivity contribution in [1.82, 2.24) is 4.90 Å². The third-order valence-corrected chi connectivity index (χ3v) is 5.91. The molecule has 0 spiro atoms. The minimum Gasteiger partial charge on any atom is -0.490 e. The van der Waals surface area contributed by atoms with E-state index in [2.05, 4.69) is 6.58 Å². The quantitative estimate of drug-likeness (QED) is 0.476. The second-order valence-electron chi connectivity index (χ2n) is 8.35. The first kappa shape index (κ1) is 23.6. The van der Waals surface area contributed by atoms with Crippen LogP contribution in [-0.2, 0) is 0 Å². The summed E-state index contributed by atoms with van der Waals surface area (Å²) in [6, 6.07) is 8.44. The third-order valence-electron chi connectivity index (χ3n) is 5.91. The molecule has 1 aliphatic rings. The van der Waals surface area contributed by atoms with Crippen LogP contribution in [0.5, 0.6) is 11.5 Å². The van der Waals surface area contributed by atoms with E-state index in [1.54, 1.807) is 29.2 Å². The summed E-state index contributed by atoms with van der Waals surface area (Å²) >= 11 is 0. The van der Waals surface area contributed by atoms with Gasteiger partial charge in [-0.25, -0.2) is 0 Å². The second-order valence-corrected chi connectivity index (χ2v) is 8.35. The van der Waals surface area contributed by atoms with E-state index in [9.17, 15) is 14.7 Å². The number of aliphatic hydroxyl groups excluding tert-OH is 1. The lowest BCUT2D eigenvalue weighted by Crippen LogP contribution is -2.31. The fraction of sp³-hybridized carbons (Fsp3) is 0.333. The second kappa shape index (κ2) is 9.73. The normalized spacial score (nSPS) is 15.0. The Bertz CT molecular complexity index is 1310. The van der Waals surface area contributed by atoms with E-state index >= 15 is 0 Å². The molecule has 7 heteroatoms. The van der Waals surface area contributed by atoms with Crippen LogP contribution in [0.1, 0.15) is 52.2 Å². The van der Waals surface area contributed by atoms with Crippen molar-refractivity contribution in [1.29, 1.82) is 0 Å². The molecule has 2 heterocycles. The molecule has 0 radical (unpaired) electrons. The van der Waals surface area contributed by atoms with Gasteiger partial charge in [0.2, 0.25) is 5.76 Å². The number of rotatable bonds is 9. The van der Waals surface area contributed by atoms with Gasteiger partial charge in [0, 0.05) is 13.2 Å². The van der Waals surface area contributed by atoms with Crippen molar-refractivity contribution in [3.8, 4) is 11.5 Å². The van der Waals surface area contributed by atoms with Gasteiger partial charge in [-0.05, 0) is 62.1 Å². The van der Waals surface area contributed by atoms with E-state index in [-0.39, 0.29) is 30.2 Å². The molecule has 1 atom stereocenters. The number of benzene rings is 2. The average Bonchev–Trinajstić information content (AvgIpc) is 3.08. The number of amides is 1. The van der Waals surface area contributed by atoms with E-state index in [1.807, 2.05) is 32.9 Å². The van der Waals surface area contributed by atoms with Crippen LogP contribution in [0.4, 0.5) is 0 Å². The molecule has 7 nitrogen and oxygen atoms in total. The largest absolute Gasteiger partial charge is 0.490 e. The maximum absolute atomic E-state index is 13.8. The molecule has 3 aromatic rings. The van der Waals surface area contributed by atoms with E-state index in [0.717, 1.165) is 11.1 Å². The van der Waals surface area contributed by atoms with Crippen molar-refractivity contribution in [3.05, 3.63) is 81.2 Å². The van der Waals surface area contributed by atoms with E-state index < -0.39 is 6.04 Å². The van der Waals surface area contributed by atoms with Crippen LogP contribution in [0, 0.1) is 13.8 Å². The van der Waals surface area contributed by atoms with Crippen molar-refractivity contribution in [2.45, 2.75) is 33.2 Å². The number of nitrogens with zero attached hydrogens (tertiary/aromatic N) is 1. The van der Waals surface area contributed by atoms with Crippen LogP contribution >= 0.6 is 0 Å². The van der Waals surface area contributed by atoms with Gasteiger partial charge in [0.05, 0.1) is 23.6 Å². The molecule has 0 aliphatic carbocycles. The molecule has 4 rings (SSSR count). The summed E-state index contributed by atoms with van der Waals surface area (Å²) in [5.41, 5.74) is 2.95. The predicted octanol–water partition coefficient (Wildman–Crippen LogP) is 4.30. The van der Waals surface area contributed by atoms with Crippen LogP contribution < -0.4 is 14.9 Å². The SMILES string of the molecule is C=CCOc1ccc(C2c3c(oc4cc(C)cc(C)c4c3=O)C(=O)N2CCCO)cc1OCC. The number of carbonyl (C=O) groups is 1. The average molecular weight is 464 g/mol. The molecule has 1 aromatic heterocycles. The Labute approximate surface area is 198 Å². The summed E-state index contributed by atoms with van der Waals surface area (Å²) in [7, 11) is 0. The van der Waals surface area contributed by atoms with Crippen molar-refractivity contribution >= 4 is 16.9 Å². The minimum atomic E-state index is -0.664. The molecular weight excluding hydrogens is 434 g/mol. The Hall–Kier alpha value is -3.58. The molecule has 1 N–H and O–H groups in total. The van der Waals surface area contributed by atoms with Gasteiger partial charge in [-0.2, -0.15) is 0 Å². The molecule has 1 unspecified atom stereocenters. The van der Waals surface area contributed by atoms with Crippen LogP contribution in [0.2, 0.25) is 0 Å². The number of ether oxygens (including phenoxy) is 2. The summed E-state index contributed by atoms with van der Waals surface area (Å²) in [4.78, 5) is 28.8. The van der Waals surface area contributed by atoms with Crippen molar-refractivity contribution < 1.29 is 23.8 Å². The molecule has 0 fully saturated rings. The molecule has 0 saturated carbocycles. The Morgan fingerprint density at radius 1 is 1.15 bits per heavy atom. The summed E-state index contributed by atoms with van der Waals surface area (Å²) in [6.45, 7) is 10.3. The molecule has 1 amide bonds. The first-order chi connectivity index (χ1) is 16.4. The molecule has 1 aliphatic heterocycles. The van der Waals surface area contributed by atoms with Crippen LogP contribution in [0.15, 0.2) is 52.2 Å². The Morgan fingerprint density at radius 3 is 2.65 bits per heavy atom. The highest BCUT2D eigenvalue weighted by molar-refractivity contribution is 5.99. The smallest absolute Gasteiger partial charge is 0.290 e. The summed E-state index contributed by atoms with van der Waals surface area (Å²) in [5.74, 6) is 0.752. The van der Waals surface area contributed by atoms with Crippen molar-refractivity contribution in [2.24, 2.45) is 0 Å². The van der Waals surface area contributed by atoms with Gasteiger partial charge in [0.15, 0.2) is 16.9 Å². The van der Waals surface area contributed by atoms with Gasteiger partial charge >= 0.3 is 0 Å². The highest BCUT2D eigenvalue weighted by atomic mass is 16.5. The van der Waals surface area contributed by atoms with E-state index in [4.69, 9.17) is 13.9 Å². The first-order valence-electron chi connectivity index (χ1n) is 11.4. The van der Waals surface area contributed by atoms with Gasteiger partial charge in [-0.3, -0.25) is 9.59 Å². The van der Waals surface area contributed by atoms with Crippen LogP contribution in [-0.4, -0.2) is 42.3 Å². The first-order valence-corrected chi connectivity index (χ1v) is 11.4. The summed E-state index contributed by atoms with van der Waals surface area (Å²) in [5, 5.41) is 9.90. The van der Waals surface area contributed by atoms with Crippen molar-refractivity contribution in [3.63, 3.8) is 0 Å². The zero-order valence-electron chi connectivity index (χ0n) is 19.7. The maximum Gasteiger partial charge on any atom is 0.290 e. The minimum absolute atomic E-state index is 0.0513. The monoisotopic (exact) mass is 463 g/mol. The maximum atomic E-state index is 13.8. The summed E-state index contributed by atoms with van der Waals surface area (Å²) < 4.78 is 17.6. The van der Waals surface area contributed by atoms with Gasteiger partial charge in [-0.1, -0.05) is 24.8 Å². The predicted molar refractivity (Wildman–Crippen MR) is 130 cm³/mol. The highest BCUT2D eigenvalue weighted by Gasteiger charge is 2.42. The molecule has 0 bridgehead atoms. The lowest BCUT2D eigenvalue weighted by molar-refractivity contribution is 0.0716. The van der Waals surface area contributed by atoms with Crippen molar-refractivity contribution in [2.75, 3.05) is 26.4 Å². The topological polar surface area (TPSA) is 89.2 Å². The molecule has 34 heavy (non-hydrogen) atoms. The van der Waals surface area contributed by atoms with E-state index in [1.165, 1.54) is 0 Å². The molecule has 178 valence electrons. The standard InChI is InChI=1S/C27H29NO6/c1-5-12-33-19-9-8-18(15-20(19)32-6-2)24-23-25(30)22-17(4)13-16(3)14-21(22)34-26(23)27(31)28(24)10-7-11-29/h5,8-9,13-15,24,29H,1,6-7,10-12H2,2-4H3. The van der Waals surface area contributed by atoms with Gasteiger partial charge < -0.3 is 23.9 Å². The zero-order valence-corrected chi connectivity index (χ0v) is 19.7. The molecular formula is C27H29NO6. The van der Waals surface area contributed by atoms with Gasteiger partial charge in [0.1, 0.15) is 12.2 Å². The molecule has 2 aromatic carbocycles. The molecule has 0 saturated heterocycles. The van der Waals surface area contributed by atoms with E-state index in [0.29, 0.717) is 53.2 Å². The zero-order chi connectivity index (χ0) is 24.4.